The van der Waals surface area contributed by atoms with Gasteiger partial charge in [-0.05, 0) is 65.0 Å². The summed E-state index contributed by atoms with van der Waals surface area (Å²) >= 11 is 1.01. The fraction of sp³-hybridized carbons (Fsp3) is 0.615. The summed E-state index contributed by atoms with van der Waals surface area (Å²) in [4.78, 5) is 36.7. The van der Waals surface area contributed by atoms with Crippen LogP contribution in [0.3, 0.4) is 0 Å². The third kappa shape index (κ3) is 6.26. The SMILES string of the molecule is Cc1cc(NC(C)C2CCC2)ncc1-c1sc(C(=O)NCC(C)(C)O)nc1C(=O)N1CC(F)(F)C[C@@H]1C. The van der Waals surface area contributed by atoms with E-state index in [2.05, 4.69) is 27.5 Å². The fourth-order valence-electron chi connectivity index (χ4n) is 4.70. The summed E-state index contributed by atoms with van der Waals surface area (Å²) in [5.41, 5.74) is 0.254. The lowest BCUT2D eigenvalue weighted by molar-refractivity contribution is 0.0118. The average molecular weight is 536 g/mol. The highest BCUT2D eigenvalue weighted by Gasteiger charge is 2.46. The number of amides is 2. The molecule has 2 aliphatic rings. The Labute approximate surface area is 219 Å². The molecule has 1 saturated carbocycles. The zero-order valence-electron chi connectivity index (χ0n) is 21.9. The van der Waals surface area contributed by atoms with Crippen molar-refractivity contribution in [2.45, 2.75) is 83.9 Å². The number of halogens is 2. The number of hydrogen-bond donors (Lipinski definition) is 3. The van der Waals surface area contributed by atoms with Gasteiger partial charge in [-0.1, -0.05) is 6.42 Å². The molecule has 1 saturated heterocycles. The lowest BCUT2D eigenvalue weighted by atomic mass is 9.80. The molecule has 11 heteroatoms. The number of aryl methyl sites for hydroxylation is 1. The number of likely N-dealkylation sites (tertiary alicyclic amines) is 1. The van der Waals surface area contributed by atoms with Crippen LogP contribution in [-0.4, -0.2) is 68.5 Å². The summed E-state index contributed by atoms with van der Waals surface area (Å²) in [5.74, 6) is -2.82. The second-order valence-electron chi connectivity index (χ2n) is 11.0. The summed E-state index contributed by atoms with van der Waals surface area (Å²) in [5, 5.41) is 16.0. The van der Waals surface area contributed by atoms with Gasteiger partial charge >= 0.3 is 0 Å². The average Bonchev–Trinajstić information content (AvgIpc) is 3.30. The van der Waals surface area contributed by atoms with E-state index in [9.17, 15) is 23.5 Å². The molecule has 8 nitrogen and oxygen atoms in total. The number of alkyl halides is 2. The van der Waals surface area contributed by atoms with Crippen molar-refractivity contribution in [3.05, 3.63) is 28.5 Å². The predicted octanol–water partition coefficient (Wildman–Crippen LogP) is 4.48. The third-order valence-corrected chi connectivity index (χ3v) is 8.17. The van der Waals surface area contributed by atoms with E-state index < -0.39 is 42.3 Å². The Hall–Kier alpha value is -2.66. The molecular formula is C26H35F2N5O3S. The topological polar surface area (TPSA) is 107 Å². The number of aromatic nitrogens is 2. The minimum atomic E-state index is -2.97. The van der Waals surface area contributed by atoms with Crippen molar-refractivity contribution in [3.8, 4) is 10.4 Å². The highest BCUT2D eigenvalue weighted by Crippen LogP contribution is 2.38. The molecule has 37 heavy (non-hydrogen) atoms. The van der Waals surface area contributed by atoms with Gasteiger partial charge in [-0.3, -0.25) is 9.59 Å². The number of nitrogens with zero attached hydrogens (tertiary/aromatic N) is 3. The van der Waals surface area contributed by atoms with Gasteiger partial charge < -0.3 is 20.6 Å². The maximum atomic E-state index is 14.1. The Morgan fingerprint density at radius 1 is 1.35 bits per heavy atom. The van der Waals surface area contributed by atoms with Crippen LogP contribution in [-0.2, 0) is 0 Å². The number of carbonyl (C=O) groups is 2. The van der Waals surface area contributed by atoms with Crippen LogP contribution >= 0.6 is 11.3 Å². The summed E-state index contributed by atoms with van der Waals surface area (Å²) in [6.45, 7) is 8.01. The first-order valence-electron chi connectivity index (χ1n) is 12.7. The largest absolute Gasteiger partial charge is 0.389 e. The molecule has 1 unspecified atom stereocenters. The minimum absolute atomic E-state index is 0.0143. The predicted molar refractivity (Wildman–Crippen MR) is 139 cm³/mol. The molecule has 1 aliphatic carbocycles. The van der Waals surface area contributed by atoms with Gasteiger partial charge in [0.25, 0.3) is 17.7 Å². The van der Waals surface area contributed by atoms with E-state index in [1.807, 2.05) is 13.0 Å². The Morgan fingerprint density at radius 3 is 2.59 bits per heavy atom. The number of rotatable bonds is 8. The zero-order chi connectivity index (χ0) is 27.1. The lowest BCUT2D eigenvalue weighted by Crippen LogP contribution is -2.38. The maximum absolute atomic E-state index is 14.1. The number of thiazole rings is 1. The second-order valence-corrected chi connectivity index (χ2v) is 12.0. The van der Waals surface area contributed by atoms with E-state index >= 15 is 0 Å². The molecule has 2 fully saturated rings. The van der Waals surface area contributed by atoms with Gasteiger partial charge in [0, 0.05) is 36.8 Å². The smallest absolute Gasteiger partial charge is 0.280 e. The van der Waals surface area contributed by atoms with E-state index in [1.54, 1.807) is 27.0 Å². The monoisotopic (exact) mass is 535 g/mol. The van der Waals surface area contributed by atoms with Gasteiger partial charge in [0.2, 0.25) is 0 Å². The van der Waals surface area contributed by atoms with Crippen molar-refractivity contribution < 1.29 is 23.5 Å². The van der Waals surface area contributed by atoms with Crippen molar-refractivity contribution >= 4 is 29.0 Å². The normalized spacial score (nSPS) is 20.4. The molecule has 0 spiro atoms. The van der Waals surface area contributed by atoms with Crippen molar-refractivity contribution in [2.24, 2.45) is 5.92 Å². The molecule has 0 bridgehead atoms. The second kappa shape index (κ2) is 10.2. The Bertz CT molecular complexity index is 1180. The molecule has 2 atom stereocenters. The molecule has 2 amide bonds. The quantitative estimate of drug-likeness (QED) is 0.460. The summed E-state index contributed by atoms with van der Waals surface area (Å²) in [7, 11) is 0. The number of carbonyl (C=O) groups excluding carboxylic acids is 2. The molecule has 4 rings (SSSR count). The van der Waals surface area contributed by atoms with Gasteiger partial charge in [-0.2, -0.15) is 0 Å². The van der Waals surface area contributed by atoms with Crippen molar-refractivity contribution in [1.82, 2.24) is 20.2 Å². The molecule has 1 aliphatic heterocycles. The number of nitrogens with one attached hydrogen (secondary N) is 2. The standard InChI is InChI=1S/C26H35F2N5O3S/c1-14-9-19(31-16(3)17-7-6-8-17)29-11-18(14)21-20(24(35)33-13-26(27,28)10-15(33)2)32-23(37-21)22(34)30-12-25(4,5)36/h9,11,15-17,36H,6-8,10,12-13H2,1-5H3,(H,29,31)(H,30,34)/t15-,16?/m0/s1. The van der Waals surface area contributed by atoms with Crippen LogP contribution in [0.15, 0.2) is 12.3 Å². The van der Waals surface area contributed by atoms with E-state index in [0.717, 1.165) is 21.8 Å². The number of pyridine rings is 1. The van der Waals surface area contributed by atoms with Crippen LogP contribution < -0.4 is 10.6 Å². The molecule has 0 aromatic carbocycles. The van der Waals surface area contributed by atoms with Crippen LogP contribution in [0, 0.1) is 12.8 Å². The lowest BCUT2D eigenvalue weighted by Gasteiger charge is -2.32. The first-order chi connectivity index (χ1) is 17.2. The van der Waals surface area contributed by atoms with E-state index in [4.69, 9.17) is 0 Å². The Morgan fingerprint density at radius 2 is 2.05 bits per heavy atom. The first kappa shape index (κ1) is 27.4. The van der Waals surface area contributed by atoms with E-state index in [1.165, 1.54) is 19.3 Å². The number of anilines is 1. The molecule has 3 N–H and O–H groups in total. The van der Waals surface area contributed by atoms with Gasteiger partial charge in [0.05, 0.1) is 17.0 Å². The number of hydrogen-bond acceptors (Lipinski definition) is 7. The maximum Gasteiger partial charge on any atom is 0.280 e. The highest BCUT2D eigenvalue weighted by molar-refractivity contribution is 7.17. The van der Waals surface area contributed by atoms with Crippen LogP contribution in [0.2, 0.25) is 0 Å². The fourth-order valence-corrected chi connectivity index (χ4v) is 5.75. The van der Waals surface area contributed by atoms with Crippen LogP contribution in [0.25, 0.3) is 10.4 Å². The Kier molecular flexibility index (Phi) is 7.58. The molecular weight excluding hydrogens is 500 g/mol. The molecule has 202 valence electrons. The highest BCUT2D eigenvalue weighted by atomic mass is 32.1. The van der Waals surface area contributed by atoms with Gasteiger partial charge in [0.15, 0.2) is 5.01 Å². The van der Waals surface area contributed by atoms with Crippen LogP contribution in [0.4, 0.5) is 14.6 Å². The zero-order valence-corrected chi connectivity index (χ0v) is 22.7. The Balaban J connectivity index is 1.66. The summed E-state index contributed by atoms with van der Waals surface area (Å²) in [6, 6.07) is 1.51. The van der Waals surface area contributed by atoms with E-state index in [0.29, 0.717) is 22.2 Å². The number of aliphatic hydroxyl groups is 1. The van der Waals surface area contributed by atoms with Crippen LogP contribution in [0.5, 0.6) is 0 Å². The van der Waals surface area contributed by atoms with E-state index in [-0.39, 0.29) is 23.3 Å². The summed E-state index contributed by atoms with van der Waals surface area (Å²) < 4.78 is 28.1. The third-order valence-electron chi connectivity index (χ3n) is 7.08. The molecule has 0 radical (unpaired) electrons. The molecule has 2 aromatic rings. The summed E-state index contributed by atoms with van der Waals surface area (Å²) in [6.07, 6.45) is 4.86. The van der Waals surface area contributed by atoms with Crippen LogP contribution in [0.1, 0.15) is 79.2 Å². The van der Waals surface area contributed by atoms with Gasteiger partial charge in [-0.25, -0.2) is 18.7 Å². The minimum Gasteiger partial charge on any atom is -0.389 e. The molecule has 3 heterocycles. The van der Waals surface area contributed by atoms with Gasteiger partial charge in [-0.15, -0.1) is 11.3 Å². The molecule has 2 aromatic heterocycles. The van der Waals surface area contributed by atoms with Crippen molar-refractivity contribution in [2.75, 3.05) is 18.4 Å². The van der Waals surface area contributed by atoms with Crippen molar-refractivity contribution in [1.29, 1.82) is 0 Å². The first-order valence-corrected chi connectivity index (χ1v) is 13.5. The van der Waals surface area contributed by atoms with Gasteiger partial charge in [0.1, 0.15) is 11.5 Å². The van der Waals surface area contributed by atoms with Crippen molar-refractivity contribution in [3.63, 3.8) is 0 Å².